The van der Waals surface area contributed by atoms with Crippen molar-refractivity contribution in [1.82, 2.24) is 19.3 Å². The third kappa shape index (κ3) is 2.95. The first-order chi connectivity index (χ1) is 12.2. The highest BCUT2D eigenvalue weighted by Crippen LogP contribution is 2.32. The van der Waals surface area contributed by atoms with Crippen molar-refractivity contribution in [3.63, 3.8) is 0 Å². The van der Waals surface area contributed by atoms with Crippen molar-refractivity contribution in [1.29, 1.82) is 0 Å². The van der Waals surface area contributed by atoms with E-state index < -0.39 is 0 Å². The molecule has 128 valence electrons. The number of aromatic nitrogens is 3. The molecule has 0 saturated carbocycles. The van der Waals surface area contributed by atoms with E-state index in [0.29, 0.717) is 6.54 Å². The van der Waals surface area contributed by atoms with Gasteiger partial charge in [-0.15, -0.1) is 0 Å². The molecule has 3 heterocycles. The molecular formula is C19H20N4O2. The fraction of sp³-hybridized carbons (Fsp3) is 0.316. The number of carbonyl (C=O) groups excluding carboxylic acids is 1. The molecule has 4 rings (SSSR count). The lowest BCUT2D eigenvalue weighted by Crippen LogP contribution is -2.32. The Hall–Kier alpha value is -2.89. The predicted molar refractivity (Wildman–Crippen MR) is 93.0 cm³/mol. The number of likely N-dealkylation sites (tertiary alicyclic amines) is 1. The molecule has 25 heavy (non-hydrogen) atoms. The zero-order valence-electron chi connectivity index (χ0n) is 14.1. The Morgan fingerprint density at radius 1 is 1.28 bits per heavy atom. The van der Waals surface area contributed by atoms with Crippen LogP contribution >= 0.6 is 0 Å². The minimum atomic E-state index is -0.283. The van der Waals surface area contributed by atoms with Gasteiger partial charge < -0.3 is 4.74 Å². The van der Waals surface area contributed by atoms with Crippen LogP contribution in [0.2, 0.25) is 0 Å². The molecule has 1 fully saturated rings. The summed E-state index contributed by atoms with van der Waals surface area (Å²) in [4.78, 5) is 23.2. The van der Waals surface area contributed by atoms with Crippen LogP contribution in [0.25, 0.3) is 5.52 Å². The van der Waals surface area contributed by atoms with Gasteiger partial charge in [0.1, 0.15) is 12.4 Å². The zero-order valence-corrected chi connectivity index (χ0v) is 14.1. The fourth-order valence-electron chi connectivity index (χ4n) is 3.38. The number of rotatable bonds is 3. The molecule has 2 aromatic heterocycles. The smallest absolute Gasteiger partial charge is 0.410 e. The van der Waals surface area contributed by atoms with E-state index in [1.54, 1.807) is 11.1 Å². The van der Waals surface area contributed by atoms with E-state index in [1.807, 2.05) is 54.0 Å². The predicted octanol–water partition coefficient (Wildman–Crippen LogP) is 3.51. The highest BCUT2D eigenvalue weighted by Gasteiger charge is 2.33. The molecule has 1 atom stereocenters. The molecule has 0 N–H and O–H groups in total. The van der Waals surface area contributed by atoms with Crippen LogP contribution in [0.5, 0.6) is 0 Å². The summed E-state index contributed by atoms with van der Waals surface area (Å²) in [6, 6.07) is 9.66. The fourth-order valence-corrected chi connectivity index (χ4v) is 3.38. The first-order valence-electron chi connectivity index (χ1n) is 8.50. The van der Waals surface area contributed by atoms with Gasteiger partial charge in [0.2, 0.25) is 0 Å². The maximum absolute atomic E-state index is 12.6. The van der Waals surface area contributed by atoms with Gasteiger partial charge in [0.25, 0.3) is 0 Å². The number of carbonyl (C=O) groups is 1. The van der Waals surface area contributed by atoms with E-state index in [2.05, 4.69) is 9.97 Å². The van der Waals surface area contributed by atoms with E-state index in [4.69, 9.17) is 4.74 Å². The minimum absolute atomic E-state index is 0.0624. The van der Waals surface area contributed by atoms with Crippen molar-refractivity contribution in [3.05, 3.63) is 66.0 Å². The molecule has 6 nitrogen and oxygen atoms in total. The Labute approximate surface area is 146 Å². The Morgan fingerprint density at radius 3 is 2.96 bits per heavy atom. The van der Waals surface area contributed by atoms with Gasteiger partial charge in [0.05, 0.1) is 23.4 Å². The zero-order chi connectivity index (χ0) is 17.2. The van der Waals surface area contributed by atoms with Crippen molar-refractivity contribution in [3.8, 4) is 0 Å². The third-order valence-electron chi connectivity index (χ3n) is 4.67. The summed E-state index contributed by atoms with van der Waals surface area (Å²) in [5.41, 5.74) is 2.89. The van der Waals surface area contributed by atoms with E-state index in [-0.39, 0.29) is 18.7 Å². The second-order valence-corrected chi connectivity index (χ2v) is 6.28. The van der Waals surface area contributed by atoms with Gasteiger partial charge in [-0.3, -0.25) is 14.3 Å². The number of hydrogen-bond acceptors (Lipinski definition) is 4. The maximum Gasteiger partial charge on any atom is 0.410 e. The Morgan fingerprint density at radius 2 is 2.12 bits per heavy atom. The summed E-state index contributed by atoms with van der Waals surface area (Å²) in [5, 5.41) is 0. The summed E-state index contributed by atoms with van der Waals surface area (Å²) in [5.74, 6) is 0.870. The summed E-state index contributed by atoms with van der Waals surface area (Å²) in [6.45, 7) is 2.94. The normalized spacial score (nSPS) is 17.2. The average molecular weight is 336 g/mol. The van der Waals surface area contributed by atoms with Crippen molar-refractivity contribution in [2.45, 2.75) is 32.4 Å². The second-order valence-electron chi connectivity index (χ2n) is 6.28. The van der Waals surface area contributed by atoms with Crippen LogP contribution in [0.4, 0.5) is 4.79 Å². The first-order valence-corrected chi connectivity index (χ1v) is 8.50. The van der Waals surface area contributed by atoms with Gasteiger partial charge in [-0.05, 0) is 25.3 Å². The van der Waals surface area contributed by atoms with Gasteiger partial charge in [-0.1, -0.05) is 30.3 Å². The van der Waals surface area contributed by atoms with Crippen LogP contribution in [0.15, 0.2) is 48.9 Å². The van der Waals surface area contributed by atoms with Gasteiger partial charge in [0, 0.05) is 18.9 Å². The number of ether oxygens (including phenoxy) is 1. The van der Waals surface area contributed by atoms with Crippen LogP contribution in [-0.4, -0.2) is 31.9 Å². The van der Waals surface area contributed by atoms with Gasteiger partial charge in [0.15, 0.2) is 0 Å². The van der Waals surface area contributed by atoms with Crippen LogP contribution in [-0.2, 0) is 11.3 Å². The van der Waals surface area contributed by atoms with Gasteiger partial charge in [-0.2, -0.15) is 0 Å². The molecule has 0 spiro atoms. The number of aryl methyl sites for hydroxylation is 1. The lowest BCUT2D eigenvalue weighted by atomic mass is 10.2. The van der Waals surface area contributed by atoms with Crippen LogP contribution in [0.3, 0.4) is 0 Å². The average Bonchev–Trinajstić information content (AvgIpc) is 3.27. The summed E-state index contributed by atoms with van der Waals surface area (Å²) < 4.78 is 7.54. The number of nitrogens with zero attached hydrogens (tertiary/aromatic N) is 4. The molecule has 1 amide bonds. The Bertz CT molecular complexity index is 891. The van der Waals surface area contributed by atoms with Crippen molar-refractivity contribution >= 4 is 11.6 Å². The van der Waals surface area contributed by atoms with Crippen molar-refractivity contribution < 1.29 is 9.53 Å². The number of fused-ring (bicyclic) bond motifs is 1. The Balaban J connectivity index is 1.53. The van der Waals surface area contributed by atoms with Gasteiger partial charge >= 0.3 is 6.09 Å². The molecule has 3 aromatic rings. The molecule has 0 bridgehead atoms. The van der Waals surface area contributed by atoms with E-state index in [1.165, 1.54) is 0 Å². The highest BCUT2D eigenvalue weighted by atomic mass is 16.6. The number of benzene rings is 1. The SMILES string of the molecule is Cc1nccn2c([C@@H]3CCCN3C(=O)OCc3ccccc3)ncc12. The first kappa shape index (κ1) is 15.6. The number of imidazole rings is 1. The molecule has 1 aromatic carbocycles. The van der Waals surface area contributed by atoms with Gasteiger partial charge in [-0.25, -0.2) is 9.78 Å². The molecule has 1 aliphatic heterocycles. The van der Waals surface area contributed by atoms with E-state index in [9.17, 15) is 4.79 Å². The standard InChI is InChI=1S/C19H20N4O2/c1-14-17-12-21-18(22(17)11-9-20-14)16-8-5-10-23(16)19(24)25-13-15-6-3-2-4-7-15/h2-4,6-7,9,11-12,16H,5,8,10,13H2,1H3/t16-/m0/s1. The lowest BCUT2D eigenvalue weighted by molar-refractivity contribution is 0.0908. The van der Waals surface area contributed by atoms with Crippen molar-refractivity contribution in [2.24, 2.45) is 0 Å². The van der Waals surface area contributed by atoms with E-state index >= 15 is 0 Å². The molecule has 1 saturated heterocycles. The molecule has 0 aliphatic carbocycles. The number of amides is 1. The molecular weight excluding hydrogens is 316 g/mol. The topological polar surface area (TPSA) is 59.7 Å². The summed E-state index contributed by atoms with van der Waals surface area (Å²) >= 11 is 0. The second kappa shape index (κ2) is 6.55. The Kier molecular flexibility index (Phi) is 4.09. The summed E-state index contributed by atoms with van der Waals surface area (Å²) in [6.07, 6.45) is 7.04. The molecule has 0 radical (unpaired) electrons. The number of hydrogen-bond donors (Lipinski definition) is 0. The highest BCUT2D eigenvalue weighted by molar-refractivity contribution is 5.68. The third-order valence-corrected chi connectivity index (χ3v) is 4.67. The molecule has 1 aliphatic rings. The van der Waals surface area contributed by atoms with Crippen LogP contribution < -0.4 is 0 Å². The monoisotopic (exact) mass is 336 g/mol. The molecule has 6 heteroatoms. The van der Waals surface area contributed by atoms with Crippen LogP contribution in [0, 0.1) is 6.92 Å². The minimum Gasteiger partial charge on any atom is -0.445 e. The maximum atomic E-state index is 12.6. The largest absolute Gasteiger partial charge is 0.445 e. The van der Waals surface area contributed by atoms with E-state index in [0.717, 1.165) is 35.4 Å². The quantitative estimate of drug-likeness (QED) is 0.734. The van der Waals surface area contributed by atoms with Crippen molar-refractivity contribution in [2.75, 3.05) is 6.54 Å². The lowest BCUT2D eigenvalue weighted by Gasteiger charge is -2.23. The summed E-state index contributed by atoms with van der Waals surface area (Å²) in [7, 11) is 0. The molecule has 0 unspecified atom stereocenters. The van der Waals surface area contributed by atoms with Crippen LogP contribution in [0.1, 0.15) is 36.0 Å².